The molecule has 0 aliphatic carbocycles. The highest BCUT2D eigenvalue weighted by Crippen LogP contribution is 2.24. The Balaban J connectivity index is 2.41. The molecular weight excluding hydrogens is 308 g/mol. The molecule has 0 fully saturated rings. The fraction of sp³-hybridized carbons (Fsp3) is 0.333. The number of nitrogens with zero attached hydrogens (tertiary/aromatic N) is 2. The zero-order valence-electron chi connectivity index (χ0n) is 14.5. The molecule has 0 spiro atoms. The van der Waals surface area contributed by atoms with E-state index < -0.39 is 12.0 Å². The molecule has 0 aliphatic rings. The van der Waals surface area contributed by atoms with Gasteiger partial charge in [-0.25, -0.2) is 4.79 Å². The highest BCUT2D eigenvalue weighted by molar-refractivity contribution is 5.97. The van der Waals surface area contributed by atoms with Gasteiger partial charge in [0.1, 0.15) is 11.8 Å². The number of carboxylic acid groups (broad SMARTS) is 1. The second-order valence-electron chi connectivity index (χ2n) is 5.75. The number of ether oxygens (including phenoxy) is 1. The third-order valence-electron chi connectivity index (χ3n) is 4.25. The maximum atomic E-state index is 12.6. The van der Waals surface area contributed by atoms with Gasteiger partial charge in [-0.1, -0.05) is 0 Å². The molecule has 1 atom stereocenters. The Morgan fingerprint density at radius 2 is 1.79 bits per heavy atom. The van der Waals surface area contributed by atoms with Gasteiger partial charge in [-0.05, 0) is 51.1 Å². The van der Waals surface area contributed by atoms with E-state index in [4.69, 9.17) is 9.84 Å². The smallest absolute Gasteiger partial charge is 0.326 e. The summed E-state index contributed by atoms with van der Waals surface area (Å²) in [7, 11) is 3.11. The first-order chi connectivity index (χ1) is 11.3. The van der Waals surface area contributed by atoms with Crippen LogP contribution >= 0.6 is 0 Å². The van der Waals surface area contributed by atoms with Crippen molar-refractivity contribution in [1.82, 2.24) is 9.47 Å². The maximum absolute atomic E-state index is 12.6. The van der Waals surface area contributed by atoms with Crippen LogP contribution in [0.3, 0.4) is 0 Å². The summed E-state index contributed by atoms with van der Waals surface area (Å²) in [6, 6.07) is 8.43. The molecule has 128 valence electrons. The van der Waals surface area contributed by atoms with Crippen molar-refractivity contribution in [1.29, 1.82) is 0 Å². The lowest BCUT2D eigenvalue weighted by Gasteiger charge is -2.21. The van der Waals surface area contributed by atoms with Crippen molar-refractivity contribution < 1.29 is 19.4 Å². The largest absolute Gasteiger partial charge is 0.497 e. The Hall–Kier alpha value is -2.76. The number of amides is 1. The van der Waals surface area contributed by atoms with Crippen LogP contribution in [0.1, 0.15) is 28.7 Å². The summed E-state index contributed by atoms with van der Waals surface area (Å²) < 4.78 is 7.13. The van der Waals surface area contributed by atoms with E-state index in [0.717, 1.165) is 22.8 Å². The van der Waals surface area contributed by atoms with Crippen LogP contribution in [0.2, 0.25) is 0 Å². The van der Waals surface area contributed by atoms with Crippen LogP contribution in [0.25, 0.3) is 5.69 Å². The number of carbonyl (C=O) groups excluding carboxylic acids is 1. The first-order valence-electron chi connectivity index (χ1n) is 7.61. The number of aromatic nitrogens is 1. The average molecular weight is 330 g/mol. The number of benzene rings is 1. The summed E-state index contributed by atoms with van der Waals surface area (Å²) >= 11 is 0. The van der Waals surface area contributed by atoms with Gasteiger partial charge in [0.15, 0.2) is 0 Å². The van der Waals surface area contributed by atoms with Crippen LogP contribution in [-0.4, -0.2) is 46.6 Å². The van der Waals surface area contributed by atoms with E-state index in [0.29, 0.717) is 5.56 Å². The summed E-state index contributed by atoms with van der Waals surface area (Å²) in [6.07, 6.45) is 0. The summed E-state index contributed by atoms with van der Waals surface area (Å²) in [5.41, 5.74) is 3.09. The molecule has 0 bridgehead atoms. The van der Waals surface area contributed by atoms with Crippen LogP contribution < -0.4 is 4.74 Å². The van der Waals surface area contributed by atoms with Gasteiger partial charge in [0, 0.05) is 24.1 Å². The molecule has 24 heavy (non-hydrogen) atoms. The van der Waals surface area contributed by atoms with E-state index in [1.165, 1.54) is 18.9 Å². The van der Waals surface area contributed by atoms with E-state index in [9.17, 15) is 9.59 Å². The minimum atomic E-state index is -1.03. The molecule has 2 aromatic rings. The minimum absolute atomic E-state index is 0.308. The molecule has 1 aromatic heterocycles. The first kappa shape index (κ1) is 17.6. The predicted octanol–water partition coefficient (Wildman–Crippen LogP) is 2.65. The average Bonchev–Trinajstić information content (AvgIpc) is 2.87. The number of likely N-dealkylation sites (N-methyl/N-ethyl adjacent to an activating group) is 1. The van der Waals surface area contributed by atoms with Gasteiger partial charge < -0.3 is 19.3 Å². The summed E-state index contributed by atoms with van der Waals surface area (Å²) in [5.74, 6) is -0.583. The SMILES string of the molecule is COc1ccc(-n2c(C)cc(C(=O)N(C)C(C)C(=O)O)c2C)cc1. The third kappa shape index (κ3) is 3.13. The normalized spacial score (nSPS) is 11.9. The monoisotopic (exact) mass is 330 g/mol. The molecule has 0 aliphatic heterocycles. The third-order valence-corrected chi connectivity index (χ3v) is 4.25. The van der Waals surface area contributed by atoms with Crippen LogP contribution in [0.4, 0.5) is 0 Å². The van der Waals surface area contributed by atoms with Gasteiger partial charge in [-0.2, -0.15) is 0 Å². The lowest BCUT2D eigenvalue weighted by Crippen LogP contribution is -2.40. The van der Waals surface area contributed by atoms with E-state index in [1.807, 2.05) is 42.7 Å². The number of hydrogen-bond donors (Lipinski definition) is 1. The number of aryl methyl sites for hydroxylation is 1. The van der Waals surface area contributed by atoms with E-state index in [2.05, 4.69) is 0 Å². The highest BCUT2D eigenvalue weighted by atomic mass is 16.5. The van der Waals surface area contributed by atoms with Crippen molar-refractivity contribution in [3.63, 3.8) is 0 Å². The Bertz CT molecular complexity index is 762. The van der Waals surface area contributed by atoms with Crippen molar-refractivity contribution in [3.05, 3.63) is 47.3 Å². The van der Waals surface area contributed by atoms with Crippen molar-refractivity contribution in [3.8, 4) is 11.4 Å². The van der Waals surface area contributed by atoms with E-state index in [-0.39, 0.29) is 5.91 Å². The molecule has 0 radical (unpaired) electrons. The van der Waals surface area contributed by atoms with Crippen molar-refractivity contribution in [2.45, 2.75) is 26.8 Å². The molecular formula is C18H22N2O4. The number of rotatable bonds is 5. The molecule has 1 aromatic carbocycles. The Labute approximate surface area is 141 Å². The first-order valence-corrected chi connectivity index (χ1v) is 7.61. The quantitative estimate of drug-likeness (QED) is 0.915. The molecule has 2 rings (SSSR count). The van der Waals surface area contributed by atoms with E-state index in [1.54, 1.807) is 13.2 Å². The Morgan fingerprint density at radius 3 is 2.29 bits per heavy atom. The van der Waals surface area contributed by atoms with Crippen molar-refractivity contribution in [2.24, 2.45) is 0 Å². The lowest BCUT2D eigenvalue weighted by molar-refractivity contribution is -0.141. The second kappa shape index (κ2) is 6.78. The molecule has 6 heteroatoms. The van der Waals surface area contributed by atoms with Gasteiger partial charge in [0.05, 0.1) is 12.7 Å². The number of methoxy groups -OCH3 is 1. The minimum Gasteiger partial charge on any atom is -0.497 e. The molecule has 1 unspecified atom stereocenters. The van der Waals surface area contributed by atoms with Crippen LogP contribution in [0, 0.1) is 13.8 Å². The fourth-order valence-electron chi connectivity index (χ4n) is 2.64. The number of hydrogen-bond acceptors (Lipinski definition) is 3. The molecule has 6 nitrogen and oxygen atoms in total. The molecule has 1 amide bonds. The van der Waals surface area contributed by atoms with Crippen LogP contribution in [0.5, 0.6) is 5.75 Å². The Kier molecular flexibility index (Phi) is 4.97. The molecule has 1 heterocycles. The zero-order chi connectivity index (χ0) is 18.0. The molecule has 0 saturated carbocycles. The summed E-state index contributed by atoms with van der Waals surface area (Å²) in [5, 5.41) is 9.09. The van der Waals surface area contributed by atoms with Gasteiger partial charge >= 0.3 is 5.97 Å². The summed E-state index contributed by atoms with van der Waals surface area (Å²) in [6.45, 7) is 5.25. The van der Waals surface area contributed by atoms with Gasteiger partial charge in [0.25, 0.3) is 5.91 Å². The van der Waals surface area contributed by atoms with Gasteiger partial charge in [0.2, 0.25) is 0 Å². The van der Waals surface area contributed by atoms with Crippen molar-refractivity contribution in [2.75, 3.05) is 14.2 Å². The lowest BCUT2D eigenvalue weighted by atomic mass is 10.2. The topological polar surface area (TPSA) is 71.8 Å². The van der Waals surface area contributed by atoms with E-state index >= 15 is 0 Å². The second-order valence-corrected chi connectivity index (χ2v) is 5.75. The predicted molar refractivity (Wildman–Crippen MR) is 91.0 cm³/mol. The standard InChI is InChI=1S/C18H22N2O4/c1-11-10-16(17(21)19(4)13(3)18(22)23)12(2)20(11)14-6-8-15(24-5)9-7-14/h6-10,13H,1-5H3,(H,22,23). The zero-order valence-corrected chi connectivity index (χ0v) is 14.5. The van der Waals surface area contributed by atoms with Crippen LogP contribution in [0.15, 0.2) is 30.3 Å². The van der Waals surface area contributed by atoms with Crippen molar-refractivity contribution >= 4 is 11.9 Å². The number of carbonyl (C=O) groups is 2. The maximum Gasteiger partial charge on any atom is 0.326 e. The Morgan fingerprint density at radius 1 is 1.21 bits per heavy atom. The number of carboxylic acids is 1. The summed E-state index contributed by atoms with van der Waals surface area (Å²) in [4.78, 5) is 25.0. The molecule has 0 saturated heterocycles. The highest BCUT2D eigenvalue weighted by Gasteiger charge is 2.26. The van der Waals surface area contributed by atoms with Crippen LogP contribution in [-0.2, 0) is 4.79 Å². The fourth-order valence-corrected chi connectivity index (χ4v) is 2.64. The molecule has 1 N–H and O–H groups in total. The van der Waals surface area contributed by atoms with Gasteiger partial charge in [-0.15, -0.1) is 0 Å². The number of aliphatic carboxylic acids is 1. The van der Waals surface area contributed by atoms with Gasteiger partial charge in [-0.3, -0.25) is 4.79 Å².